The Kier molecular flexibility index (Phi) is 4.19. The van der Waals surface area contributed by atoms with Crippen LogP contribution in [0, 0.1) is 6.92 Å². The monoisotopic (exact) mass is 344 g/mol. The Morgan fingerprint density at radius 3 is 2.65 bits per heavy atom. The number of aromatic nitrogens is 1. The summed E-state index contributed by atoms with van der Waals surface area (Å²) in [5.74, 6) is 0. The molecule has 0 spiro atoms. The first-order chi connectivity index (χ1) is 11.0. The van der Waals surface area contributed by atoms with Gasteiger partial charge in [0, 0.05) is 6.54 Å². The normalized spacial score (nSPS) is 12.7. The Morgan fingerprint density at radius 2 is 1.96 bits per heavy atom. The maximum Gasteiger partial charge on any atom is 0.285 e. The topological polar surface area (TPSA) is 51.4 Å². The molecule has 0 saturated carbocycles. The molecule has 3 rings (SSSR count). The molecule has 0 N–H and O–H groups in total. The van der Waals surface area contributed by atoms with E-state index >= 15 is 0 Å². The van der Waals surface area contributed by atoms with E-state index in [1.165, 1.54) is 11.3 Å². The van der Waals surface area contributed by atoms with Gasteiger partial charge in [-0.1, -0.05) is 41.7 Å². The van der Waals surface area contributed by atoms with Crippen molar-refractivity contribution in [1.29, 1.82) is 0 Å². The largest absolute Gasteiger partial charge is 0.312 e. The number of fused-ring (bicyclic) bond motifs is 1. The van der Waals surface area contributed by atoms with Crippen molar-refractivity contribution >= 4 is 31.6 Å². The summed E-state index contributed by atoms with van der Waals surface area (Å²) >= 11 is 1.37. The number of nitrogens with zero attached hydrogens (tertiary/aromatic N) is 2. The van der Waals surface area contributed by atoms with Crippen LogP contribution >= 0.6 is 11.3 Å². The Morgan fingerprint density at radius 1 is 1.22 bits per heavy atom. The van der Waals surface area contributed by atoms with Gasteiger partial charge in [0.15, 0.2) is 0 Å². The summed E-state index contributed by atoms with van der Waals surface area (Å²) in [6, 6.07) is 14.3. The Balaban J connectivity index is 2.26. The first-order valence-electron chi connectivity index (χ1n) is 7.08. The highest BCUT2D eigenvalue weighted by atomic mass is 32.2. The third kappa shape index (κ3) is 3.13. The third-order valence-electron chi connectivity index (χ3n) is 3.39. The number of hydrogen-bond acceptors (Lipinski definition) is 3. The van der Waals surface area contributed by atoms with Crippen LogP contribution in [0.1, 0.15) is 5.56 Å². The molecule has 0 fully saturated rings. The zero-order chi connectivity index (χ0) is 16.4. The molecular formula is C17H16N2O2S2. The number of thiazole rings is 1. The second-order valence-corrected chi connectivity index (χ2v) is 7.75. The van der Waals surface area contributed by atoms with Gasteiger partial charge >= 0.3 is 0 Å². The highest BCUT2D eigenvalue weighted by Gasteiger charge is 2.14. The lowest BCUT2D eigenvalue weighted by Crippen LogP contribution is -2.16. The first kappa shape index (κ1) is 15.7. The van der Waals surface area contributed by atoms with E-state index in [4.69, 9.17) is 0 Å². The summed E-state index contributed by atoms with van der Waals surface area (Å²) in [4.78, 5) is 0.646. The summed E-state index contributed by atoms with van der Waals surface area (Å²) in [6.07, 6.45) is 1.74. The maximum absolute atomic E-state index is 12.5. The average Bonchev–Trinajstić information content (AvgIpc) is 2.84. The lowest BCUT2D eigenvalue weighted by atomic mass is 10.2. The third-order valence-corrected chi connectivity index (χ3v) is 5.83. The second-order valence-electron chi connectivity index (χ2n) is 5.13. The highest BCUT2D eigenvalue weighted by molar-refractivity contribution is 7.90. The van der Waals surface area contributed by atoms with Crippen molar-refractivity contribution in [2.45, 2.75) is 18.4 Å². The minimum atomic E-state index is -3.73. The van der Waals surface area contributed by atoms with Crippen LogP contribution in [-0.2, 0) is 16.6 Å². The van der Waals surface area contributed by atoms with Crippen LogP contribution in [0.2, 0.25) is 0 Å². The van der Waals surface area contributed by atoms with Crippen molar-refractivity contribution in [2.75, 3.05) is 0 Å². The summed E-state index contributed by atoms with van der Waals surface area (Å²) in [7, 11) is -3.73. The molecule has 0 aliphatic carbocycles. The molecule has 4 nitrogen and oxygen atoms in total. The van der Waals surface area contributed by atoms with Gasteiger partial charge in [-0.25, -0.2) is 0 Å². The van der Waals surface area contributed by atoms with E-state index in [1.54, 1.807) is 36.4 Å². The van der Waals surface area contributed by atoms with Crippen LogP contribution in [0.3, 0.4) is 0 Å². The van der Waals surface area contributed by atoms with E-state index in [9.17, 15) is 8.42 Å². The highest BCUT2D eigenvalue weighted by Crippen LogP contribution is 2.20. The van der Waals surface area contributed by atoms with Gasteiger partial charge < -0.3 is 4.57 Å². The molecule has 0 radical (unpaired) electrons. The maximum atomic E-state index is 12.5. The molecule has 0 aliphatic rings. The smallest absolute Gasteiger partial charge is 0.285 e. The van der Waals surface area contributed by atoms with Crippen molar-refractivity contribution in [3.05, 3.63) is 71.6 Å². The quantitative estimate of drug-likeness (QED) is 0.680. The summed E-state index contributed by atoms with van der Waals surface area (Å²) < 4.78 is 31.9. The summed E-state index contributed by atoms with van der Waals surface area (Å²) in [5, 5.41) is 0. The number of aryl methyl sites for hydroxylation is 1. The van der Waals surface area contributed by atoms with E-state index < -0.39 is 10.0 Å². The molecule has 23 heavy (non-hydrogen) atoms. The lowest BCUT2D eigenvalue weighted by molar-refractivity contribution is 0.596. The van der Waals surface area contributed by atoms with Gasteiger partial charge in [-0.3, -0.25) is 0 Å². The molecule has 118 valence electrons. The minimum absolute atomic E-state index is 0.193. The number of benzene rings is 2. The van der Waals surface area contributed by atoms with Crippen molar-refractivity contribution in [2.24, 2.45) is 4.40 Å². The molecule has 2 aromatic carbocycles. The Bertz CT molecular complexity index is 1030. The first-order valence-corrected chi connectivity index (χ1v) is 9.34. The molecule has 6 heteroatoms. The van der Waals surface area contributed by atoms with E-state index in [1.807, 2.05) is 29.7 Å². The van der Waals surface area contributed by atoms with Crippen LogP contribution in [0.4, 0.5) is 0 Å². The Labute approximate surface area is 139 Å². The van der Waals surface area contributed by atoms with E-state index in [-0.39, 0.29) is 4.90 Å². The molecule has 3 aromatic rings. The molecular weight excluding hydrogens is 328 g/mol. The zero-order valence-electron chi connectivity index (χ0n) is 12.6. The molecule has 0 aliphatic heterocycles. The van der Waals surface area contributed by atoms with Crippen molar-refractivity contribution in [1.82, 2.24) is 4.57 Å². The number of sulfonamides is 1. The SMILES string of the molecule is C=CCn1c(=NS(=O)(=O)c2ccccc2)sc2cc(C)ccc21. The molecule has 0 amide bonds. The molecule has 0 saturated heterocycles. The average molecular weight is 344 g/mol. The number of allylic oxidation sites excluding steroid dienone is 1. The predicted molar refractivity (Wildman–Crippen MR) is 93.9 cm³/mol. The van der Waals surface area contributed by atoms with Crippen LogP contribution < -0.4 is 4.80 Å². The number of rotatable bonds is 4. The van der Waals surface area contributed by atoms with Gasteiger partial charge in [-0.2, -0.15) is 8.42 Å². The molecule has 1 aromatic heterocycles. The van der Waals surface area contributed by atoms with Crippen LogP contribution in [0.15, 0.2) is 70.5 Å². The van der Waals surface area contributed by atoms with E-state index in [0.717, 1.165) is 15.8 Å². The second kappa shape index (κ2) is 6.14. The standard InChI is InChI=1S/C17H16N2O2S2/c1-3-11-19-15-10-9-13(2)12-16(15)22-17(19)18-23(20,21)14-7-5-4-6-8-14/h3-10,12H,1,11H2,2H3. The van der Waals surface area contributed by atoms with Gasteiger partial charge in [0.2, 0.25) is 4.80 Å². The summed E-state index contributed by atoms with van der Waals surface area (Å²) in [5.41, 5.74) is 2.09. The Hall–Kier alpha value is -2.18. The summed E-state index contributed by atoms with van der Waals surface area (Å²) in [6.45, 7) is 6.26. The van der Waals surface area contributed by atoms with Gasteiger partial charge in [-0.05, 0) is 36.8 Å². The van der Waals surface area contributed by atoms with E-state index in [0.29, 0.717) is 11.3 Å². The molecule has 0 atom stereocenters. The molecule has 0 unspecified atom stereocenters. The fraction of sp³-hybridized carbons (Fsp3) is 0.118. The van der Waals surface area contributed by atoms with Gasteiger partial charge in [0.1, 0.15) is 0 Å². The van der Waals surface area contributed by atoms with Crippen LogP contribution in [0.5, 0.6) is 0 Å². The fourth-order valence-corrected chi connectivity index (χ4v) is 4.67. The lowest BCUT2D eigenvalue weighted by Gasteiger charge is -2.02. The van der Waals surface area contributed by atoms with Crippen LogP contribution in [-0.4, -0.2) is 13.0 Å². The minimum Gasteiger partial charge on any atom is -0.312 e. The van der Waals surface area contributed by atoms with Crippen molar-refractivity contribution in [3.8, 4) is 0 Å². The predicted octanol–water partition coefficient (Wildman–Crippen LogP) is 3.49. The molecule has 0 bridgehead atoms. The van der Waals surface area contributed by atoms with Gasteiger partial charge in [0.25, 0.3) is 10.0 Å². The van der Waals surface area contributed by atoms with Crippen molar-refractivity contribution < 1.29 is 8.42 Å². The zero-order valence-corrected chi connectivity index (χ0v) is 14.3. The van der Waals surface area contributed by atoms with Crippen molar-refractivity contribution in [3.63, 3.8) is 0 Å². The van der Waals surface area contributed by atoms with Gasteiger partial charge in [0.05, 0.1) is 15.1 Å². The number of hydrogen-bond donors (Lipinski definition) is 0. The van der Waals surface area contributed by atoms with Crippen LogP contribution in [0.25, 0.3) is 10.2 Å². The van der Waals surface area contributed by atoms with E-state index in [2.05, 4.69) is 11.0 Å². The fourth-order valence-electron chi connectivity index (χ4n) is 2.30. The van der Waals surface area contributed by atoms with Gasteiger partial charge in [-0.15, -0.1) is 11.0 Å². The molecule has 1 heterocycles.